The van der Waals surface area contributed by atoms with Crippen LogP contribution in [0.5, 0.6) is 0 Å². The first-order valence-corrected chi connectivity index (χ1v) is 8.69. The lowest BCUT2D eigenvalue weighted by atomic mass is 9.77. The summed E-state index contributed by atoms with van der Waals surface area (Å²) in [5, 5.41) is 3.72. The zero-order valence-corrected chi connectivity index (χ0v) is 13.9. The van der Waals surface area contributed by atoms with Crippen LogP contribution in [0.25, 0.3) is 0 Å². The Labute approximate surface area is 125 Å². The summed E-state index contributed by atoms with van der Waals surface area (Å²) < 4.78 is 0. The van der Waals surface area contributed by atoms with Crippen molar-refractivity contribution in [3.8, 4) is 0 Å². The molecule has 3 fully saturated rings. The van der Waals surface area contributed by atoms with E-state index in [0.717, 1.165) is 24.0 Å². The Kier molecular flexibility index (Phi) is 4.13. The fraction of sp³-hybridized carbons (Fsp3) is 1.00. The summed E-state index contributed by atoms with van der Waals surface area (Å²) in [4.78, 5) is 5.59. The minimum Gasteiger partial charge on any atom is -0.312 e. The van der Waals surface area contributed by atoms with E-state index in [2.05, 4.69) is 42.8 Å². The smallest absolute Gasteiger partial charge is 0.0224 e. The van der Waals surface area contributed by atoms with E-state index >= 15 is 0 Å². The monoisotopic (exact) mass is 279 g/mol. The topological polar surface area (TPSA) is 18.5 Å². The number of hydrogen-bond acceptors (Lipinski definition) is 3. The van der Waals surface area contributed by atoms with Gasteiger partial charge >= 0.3 is 0 Å². The first-order valence-electron chi connectivity index (χ1n) is 8.69. The minimum absolute atomic E-state index is 0.260. The zero-order chi connectivity index (χ0) is 14.3. The molecule has 4 unspecified atom stereocenters. The predicted octanol–water partition coefficient (Wildman–Crippen LogP) is 2.32. The van der Waals surface area contributed by atoms with Crippen LogP contribution in [0.2, 0.25) is 0 Å². The molecule has 0 radical (unpaired) electrons. The highest BCUT2D eigenvalue weighted by atomic mass is 15.3. The Morgan fingerprint density at radius 3 is 2.55 bits per heavy atom. The number of nitrogens with zero attached hydrogens (tertiary/aromatic N) is 2. The quantitative estimate of drug-likeness (QED) is 0.855. The van der Waals surface area contributed by atoms with Crippen LogP contribution < -0.4 is 5.32 Å². The van der Waals surface area contributed by atoms with Crippen molar-refractivity contribution in [2.45, 2.75) is 77.0 Å². The number of piperazine rings is 1. The number of hydrogen-bond donors (Lipinski definition) is 1. The fourth-order valence-corrected chi connectivity index (χ4v) is 4.34. The van der Waals surface area contributed by atoms with E-state index in [-0.39, 0.29) is 5.54 Å². The van der Waals surface area contributed by atoms with Crippen molar-refractivity contribution in [3.63, 3.8) is 0 Å². The lowest BCUT2D eigenvalue weighted by Gasteiger charge is -2.52. The van der Waals surface area contributed by atoms with Crippen molar-refractivity contribution < 1.29 is 0 Å². The SMILES string of the molecule is CC1CN2CCCC2CN1C1CCC1CNC(C)(C)C. The number of fused-ring (bicyclic) bond motifs is 1. The van der Waals surface area contributed by atoms with Crippen molar-refractivity contribution in [3.05, 3.63) is 0 Å². The Bertz CT molecular complexity index is 336. The van der Waals surface area contributed by atoms with Gasteiger partial charge in [-0.3, -0.25) is 9.80 Å². The van der Waals surface area contributed by atoms with Gasteiger partial charge in [0, 0.05) is 36.8 Å². The molecular formula is C17H33N3. The van der Waals surface area contributed by atoms with Crippen LogP contribution in [0.1, 0.15) is 53.4 Å². The predicted molar refractivity (Wildman–Crippen MR) is 85.0 cm³/mol. The summed E-state index contributed by atoms with van der Waals surface area (Å²) in [6.07, 6.45) is 5.70. The van der Waals surface area contributed by atoms with Gasteiger partial charge in [0.2, 0.25) is 0 Å². The average Bonchev–Trinajstić information content (AvgIpc) is 2.73. The van der Waals surface area contributed by atoms with Gasteiger partial charge in [-0.25, -0.2) is 0 Å². The Morgan fingerprint density at radius 1 is 1.10 bits per heavy atom. The van der Waals surface area contributed by atoms with Gasteiger partial charge in [0.15, 0.2) is 0 Å². The van der Waals surface area contributed by atoms with Crippen molar-refractivity contribution in [2.24, 2.45) is 5.92 Å². The molecule has 116 valence electrons. The Hall–Kier alpha value is -0.120. The third-order valence-electron chi connectivity index (χ3n) is 5.68. The molecule has 3 nitrogen and oxygen atoms in total. The van der Waals surface area contributed by atoms with Crippen molar-refractivity contribution in [2.75, 3.05) is 26.2 Å². The molecule has 1 aliphatic carbocycles. The maximum Gasteiger partial charge on any atom is 0.0224 e. The Balaban J connectivity index is 1.55. The Morgan fingerprint density at radius 2 is 1.90 bits per heavy atom. The first kappa shape index (κ1) is 14.8. The van der Waals surface area contributed by atoms with Gasteiger partial charge in [-0.05, 0) is 72.4 Å². The van der Waals surface area contributed by atoms with Crippen LogP contribution in [0.3, 0.4) is 0 Å². The second-order valence-corrected chi connectivity index (χ2v) is 8.37. The highest BCUT2D eigenvalue weighted by Crippen LogP contribution is 2.36. The molecule has 0 aromatic rings. The van der Waals surface area contributed by atoms with Crippen LogP contribution in [0.15, 0.2) is 0 Å². The molecule has 0 aromatic heterocycles. The van der Waals surface area contributed by atoms with Gasteiger partial charge < -0.3 is 5.32 Å². The maximum atomic E-state index is 3.72. The third-order valence-corrected chi connectivity index (χ3v) is 5.68. The van der Waals surface area contributed by atoms with Gasteiger partial charge in [0.1, 0.15) is 0 Å². The molecule has 2 aliphatic heterocycles. The van der Waals surface area contributed by atoms with Crippen LogP contribution in [-0.2, 0) is 0 Å². The molecule has 3 aliphatic rings. The van der Waals surface area contributed by atoms with Gasteiger partial charge in [-0.2, -0.15) is 0 Å². The minimum atomic E-state index is 0.260. The van der Waals surface area contributed by atoms with E-state index in [0.29, 0.717) is 0 Å². The third kappa shape index (κ3) is 3.05. The molecule has 1 saturated carbocycles. The molecular weight excluding hydrogens is 246 g/mol. The molecule has 2 saturated heterocycles. The molecule has 3 rings (SSSR count). The molecule has 0 amide bonds. The lowest BCUT2D eigenvalue weighted by Crippen LogP contribution is -2.62. The average molecular weight is 279 g/mol. The number of rotatable bonds is 3. The highest BCUT2D eigenvalue weighted by molar-refractivity contribution is 4.99. The van der Waals surface area contributed by atoms with Crippen molar-refractivity contribution in [1.29, 1.82) is 0 Å². The zero-order valence-electron chi connectivity index (χ0n) is 13.9. The summed E-state index contributed by atoms with van der Waals surface area (Å²) in [6.45, 7) is 14.5. The second kappa shape index (κ2) is 5.58. The first-order chi connectivity index (χ1) is 9.44. The highest BCUT2D eigenvalue weighted by Gasteiger charge is 2.42. The molecule has 2 heterocycles. The van der Waals surface area contributed by atoms with E-state index in [1.54, 1.807) is 0 Å². The maximum absolute atomic E-state index is 3.72. The molecule has 0 aromatic carbocycles. The van der Waals surface area contributed by atoms with Crippen molar-refractivity contribution >= 4 is 0 Å². The molecule has 20 heavy (non-hydrogen) atoms. The second-order valence-electron chi connectivity index (χ2n) is 8.37. The summed E-state index contributed by atoms with van der Waals surface area (Å²) in [5.41, 5.74) is 0.260. The summed E-state index contributed by atoms with van der Waals surface area (Å²) >= 11 is 0. The normalized spacial score (nSPS) is 39.6. The van der Waals surface area contributed by atoms with Crippen molar-refractivity contribution in [1.82, 2.24) is 15.1 Å². The summed E-state index contributed by atoms with van der Waals surface area (Å²) in [5.74, 6) is 0.879. The van der Waals surface area contributed by atoms with E-state index in [9.17, 15) is 0 Å². The van der Waals surface area contributed by atoms with E-state index in [4.69, 9.17) is 0 Å². The molecule has 1 N–H and O–H groups in total. The standard InChI is InChI=1S/C17H33N3/c1-13-11-19-9-5-6-15(19)12-20(13)16-8-7-14(16)10-18-17(2,3)4/h13-16,18H,5-12H2,1-4H3. The van der Waals surface area contributed by atoms with E-state index in [1.807, 2.05) is 0 Å². The van der Waals surface area contributed by atoms with Gasteiger partial charge in [0.25, 0.3) is 0 Å². The van der Waals surface area contributed by atoms with E-state index in [1.165, 1.54) is 51.9 Å². The van der Waals surface area contributed by atoms with Crippen LogP contribution in [0, 0.1) is 5.92 Å². The van der Waals surface area contributed by atoms with Crippen LogP contribution in [-0.4, -0.2) is 59.6 Å². The van der Waals surface area contributed by atoms with Gasteiger partial charge in [0.05, 0.1) is 0 Å². The largest absolute Gasteiger partial charge is 0.312 e. The molecule has 3 heteroatoms. The van der Waals surface area contributed by atoms with Gasteiger partial charge in [-0.1, -0.05) is 0 Å². The molecule has 0 bridgehead atoms. The summed E-state index contributed by atoms with van der Waals surface area (Å²) in [6, 6.07) is 2.47. The van der Waals surface area contributed by atoms with E-state index < -0.39 is 0 Å². The lowest BCUT2D eigenvalue weighted by molar-refractivity contribution is -0.0282. The summed E-state index contributed by atoms with van der Waals surface area (Å²) in [7, 11) is 0. The van der Waals surface area contributed by atoms with Crippen LogP contribution >= 0.6 is 0 Å². The van der Waals surface area contributed by atoms with Gasteiger partial charge in [-0.15, -0.1) is 0 Å². The number of nitrogens with one attached hydrogen (secondary N) is 1. The van der Waals surface area contributed by atoms with Crippen LogP contribution in [0.4, 0.5) is 0 Å². The fourth-order valence-electron chi connectivity index (χ4n) is 4.34. The molecule has 0 spiro atoms. The molecule has 4 atom stereocenters.